The Hall–Kier alpha value is -1.87. The highest BCUT2D eigenvalue weighted by atomic mass is 32.2. The summed E-state index contributed by atoms with van der Waals surface area (Å²) in [5.41, 5.74) is 0. The zero-order valence-corrected chi connectivity index (χ0v) is 12.1. The Morgan fingerprint density at radius 3 is 2.43 bits per heavy atom. The van der Waals surface area contributed by atoms with E-state index in [1.165, 1.54) is 15.5 Å². The number of amides is 1. The molecule has 116 valence electrons. The average Bonchev–Trinajstić information content (AvgIpc) is 2.99. The molecule has 0 saturated carbocycles. The van der Waals surface area contributed by atoms with Crippen LogP contribution in [0.3, 0.4) is 0 Å². The van der Waals surface area contributed by atoms with Gasteiger partial charge in [-0.1, -0.05) is 0 Å². The van der Waals surface area contributed by atoms with Crippen LogP contribution in [0, 0.1) is 0 Å². The van der Waals surface area contributed by atoms with E-state index in [4.69, 9.17) is 9.52 Å². The zero-order chi connectivity index (χ0) is 15.5. The molecule has 1 aliphatic rings. The lowest BCUT2D eigenvalue weighted by Gasteiger charge is -2.33. The largest absolute Gasteiger partial charge is 0.481 e. The van der Waals surface area contributed by atoms with Gasteiger partial charge in [-0.05, 0) is 12.1 Å². The summed E-state index contributed by atoms with van der Waals surface area (Å²) in [6.07, 6.45) is 0.980. The number of carboxylic acids is 1. The number of carbonyl (C=O) groups is 2. The molecule has 1 saturated heterocycles. The van der Waals surface area contributed by atoms with E-state index in [2.05, 4.69) is 0 Å². The number of nitrogens with zero attached hydrogens (tertiary/aromatic N) is 2. The smallest absolute Gasteiger partial charge is 0.304 e. The molecular formula is C12H16N2O6S. The van der Waals surface area contributed by atoms with Crippen molar-refractivity contribution >= 4 is 21.9 Å². The van der Waals surface area contributed by atoms with Crippen molar-refractivity contribution in [3.63, 3.8) is 0 Å². The van der Waals surface area contributed by atoms with Crippen LogP contribution in [0.15, 0.2) is 22.8 Å². The van der Waals surface area contributed by atoms with Crippen molar-refractivity contribution in [1.82, 2.24) is 9.21 Å². The molecule has 1 aliphatic heterocycles. The van der Waals surface area contributed by atoms with Crippen molar-refractivity contribution in [1.29, 1.82) is 0 Å². The van der Waals surface area contributed by atoms with Crippen LogP contribution >= 0.6 is 0 Å². The number of carbonyl (C=O) groups excluding carboxylic acids is 1. The molecule has 2 rings (SSSR count). The second kappa shape index (κ2) is 6.27. The van der Waals surface area contributed by atoms with E-state index in [0.717, 1.165) is 0 Å². The molecule has 0 aromatic carbocycles. The molecule has 2 heterocycles. The Kier molecular flexibility index (Phi) is 4.63. The first-order chi connectivity index (χ1) is 9.90. The van der Waals surface area contributed by atoms with Gasteiger partial charge in [0, 0.05) is 26.2 Å². The molecule has 1 aromatic heterocycles. The molecule has 0 unspecified atom stereocenters. The number of piperazine rings is 1. The van der Waals surface area contributed by atoms with Gasteiger partial charge >= 0.3 is 5.97 Å². The van der Waals surface area contributed by atoms with Crippen molar-refractivity contribution < 1.29 is 27.5 Å². The number of hydrogen-bond acceptors (Lipinski definition) is 5. The van der Waals surface area contributed by atoms with Crippen LogP contribution in [-0.4, -0.2) is 66.5 Å². The van der Waals surface area contributed by atoms with Crippen LogP contribution in [0.25, 0.3) is 0 Å². The predicted octanol–water partition coefficient (Wildman–Crippen LogP) is -0.158. The van der Waals surface area contributed by atoms with Gasteiger partial charge in [0.1, 0.15) is 0 Å². The first-order valence-electron chi connectivity index (χ1n) is 6.42. The van der Waals surface area contributed by atoms with E-state index in [-0.39, 0.29) is 37.8 Å². The van der Waals surface area contributed by atoms with E-state index in [1.54, 1.807) is 12.1 Å². The number of hydrogen-bond donors (Lipinski definition) is 1. The van der Waals surface area contributed by atoms with E-state index in [9.17, 15) is 18.0 Å². The van der Waals surface area contributed by atoms with Gasteiger partial charge < -0.3 is 14.4 Å². The molecule has 9 heteroatoms. The van der Waals surface area contributed by atoms with Gasteiger partial charge in [-0.25, -0.2) is 8.42 Å². The SMILES string of the molecule is O=C(O)CCS(=O)(=O)N1CCN(C(=O)c2ccco2)CC1. The summed E-state index contributed by atoms with van der Waals surface area (Å²) in [5.74, 6) is -1.63. The van der Waals surface area contributed by atoms with Crippen molar-refractivity contribution in [2.24, 2.45) is 0 Å². The molecule has 0 atom stereocenters. The summed E-state index contributed by atoms with van der Waals surface area (Å²) >= 11 is 0. The van der Waals surface area contributed by atoms with E-state index < -0.39 is 28.2 Å². The Labute approximate surface area is 122 Å². The number of carboxylic acid groups (broad SMARTS) is 1. The van der Waals surface area contributed by atoms with E-state index in [0.29, 0.717) is 0 Å². The summed E-state index contributed by atoms with van der Waals surface area (Å²) in [7, 11) is -3.59. The van der Waals surface area contributed by atoms with Crippen LogP contribution < -0.4 is 0 Å². The van der Waals surface area contributed by atoms with Gasteiger partial charge in [-0.15, -0.1) is 0 Å². The van der Waals surface area contributed by atoms with Crippen LogP contribution in [-0.2, 0) is 14.8 Å². The zero-order valence-electron chi connectivity index (χ0n) is 11.3. The standard InChI is InChI=1S/C12H16N2O6S/c15-11(16)3-9-21(18,19)14-6-4-13(5-7-14)12(17)10-2-1-8-20-10/h1-2,8H,3-7,9H2,(H,15,16). The maximum Gasteiger partial charge on any atom is 0.304 e. The minimum atomic E-state index is -3.59. The van der Waals surface area contributed by atoms with Crippen LogP contribution in [0.4, 0.5) is 0 Å². The molecule has 1 N–H and O–H groups in total. The molecule has 0 spiro atoms. The van der Waals surface area contributed by atoms with Crippen molar-refractivity contribution in [3.05, 3.63) is 24.2 Å². The number of furan rings is 1. The number of sulfonamides is 1. The maximum atomic E-state index is 12.0. The summed E-state index contributed by atoms with van der Waals surface area (Å²) in [6.45, 7) is 0.834. The highest BCUT2D eigenvalue weighted by Crippen LogP contribution is 2.12. The van der Waals surface area contributed by atoms with E-state index >= 15 is 0 Å². The summed E-state index contributed by atoms with van der Waals surface area (Å²) in [4.78, 5) is 24.0. The lowest BCUT2D eigenvalue weighted by Crippen LogP contribution is -2.51. The monoisotopic (exact) mass is 316 g/mol. The second-order valence-corrected chi connectivity index (χ2v) is 6.72. The third-order valence-corrected chi connectivity index (χ3v) is 5.10. The van der Waals surface area contributed by atoms with Crippen molar-refractivity contribution in [3.8, 4) is 0 Å². The summed E-state index contributed by atoms with van der Waals surface area (Å²) in [5, 5.41) is 8.55. The van der Waals surface area contributed by atoms with Gasteiger partial charge in [0.05, 0.1) is 18.4 Å². The number of rotatable bonds is 5. The molecule has 1 amide bonds. The molecule has 1 aromatic rings. The van der Waals surface area contributed by atoms with Gasteiger partial charge in [0.2, 0.25) is 10.0 Å². The van der Waals surface area contributed by atoms with Gasteiger partial charge in [0.15, 0.2) is 5.76 Å². The van der Waals surface area contributed by atoms with E-state index in [1.807, 2.05) is 0 Å². The molecular weight excluding hydrogens is 300 g/mol. The third kappa shape index (κ3) is 3.82. The lowest BCUT2D eigenvalue weighted by molar-refractivity contribution is -0.136. The normalized spacial score (nSPS) is 16.9. The highest BCUT2D eigenvalue weighted by molar-refractivity contribution is 7.89. The highest BCUT2D eigenvalue weighted by Gasteiger charge is 2.30. The fourth-order valence-electron chi connectivity index (χ4n) is 2.07. The van der Waals surface area contributed by atoms with Crippen LogP contribution in [0.5, 0.6) is 0 Å². The first-order valence-corrected chi connectivity index (χ1v) is 8.03. The van der Waals surface area contributed by atoms with Gasteiger partial charge in [-0.3, -0.25) is 9.59 Å². The molecule has 21 heavy (non-hydrogen) atoms. The Bertz CT molecular complexity index is 602. The van der Waals surface area contributed by atoms with Gasteiger partial charge in [-0.2, -0.15) is 4.31 Å². The van der Waals surface area contributed by atoms with Crippen molar-refractivity contribution in [2.45, 2.75) is 6.42 Å². The average molecular weight is 316 g/mol. The Balaban J connectivity index is 1.91. The van der Waals surface area contributed by atoms with Crippen LogP contribution in [0.2, 0.25) is 0 Å². The molecule has 0 radical (unpaired) electrons. The lowest BCUT2D eigenvalue weighted by atomic mass is 10.3. The maximum absolute atomic E-state index is 12.0. The molecule has 0 bridgehead atoms. The molecule has 0 aliphatic carbocycles. The van der Waals surface area contributed by atoms with Crippen molar-refractivity contribution in [2.75, 3.05) is 31.9 Å². The summed E-state index contributed by atoms with van der Waals surface area (Å²) in [6, 6.07) is 3.16. The van der Waals surface area contributed by atoms with Crippen LogP contribution in [0.1, 0.15) is 17.0 Å². The minimum Gasteiger partial charge on any atom is -0.481 e. The summed E-state index contributed by atoms with van der Waals surface area (Å²) < 4.78 is 30.1. The Morgan fingerprint density at radius 1 is 1.24 bits per heavy atom. The molecule has 8 nitrogen and oxygen atoms in total. The topological polar surface area (TPSA) is 108 Å². The quantitative estimate of drug-likeness (QED) is 0.809. The predicted molar refractivity (Wildman–Crippen MR) is 72.2 cm³/mol. The third-order valence-electron chi connectivity index (χ3n) is 3.23. The first kappa shape index (κ1) is 15.5. The number of aliphatic carboxylic acids is 1. The second-order valence-electron chi connectivity index (χ2n) is 4.63. The molecule has 1 fully saturated rings. The van der Waals surface area contributed by atoms with Gasteiger partial charge in [0.25, 0.3) is 5.91 Å². The minimum absolute atomic E-state index is 0.161. The fourth-order valence-corrected chi connectivity index (χ4v) is 3.48. The fraction of sp³-hybridized carbons (Fsp3) is 0.500. The Morgan fingerprint density at radius 2 is 1.90 bits per heavy atom.